The molecule has 0 amide bonds. The number of rotatable bonds is 6. The molecule has 0 radical (unpaired) electrons. The molecule has 5 rings (SSSR count). The molecule has 0 aromatic rings. The number of fused-ring (bicyclic) bond motifs is 7. The third-order valence-electron chi connectivity index (χ3n) is 14.6. The lowest BCUT2D eigenvalue weighted by Gasteiger charge is -2.72. The number of hydrogen-bond donors (Lipinski definition) is 2. The summed E-state index contributed by atoms with van der Waals surface area (Å²) in [7, 11) is 0. The predicted octanol–water partition coefficient (Wildman–Crippen LogP) is 5.31. The van der Waals surface area contributed by atoms with Crippen LogP contribution in [0.4, 0.5) is 0 Å². The maximum Gasteiger partial charge on any atom is 0.303 e. The number of ether oxygens (including phenoxy) is 4. The zero-order chi connectivity index (χ0) is 35.8. The van der Waals surface area contributed by atoms with Gasteiger partial charge in [-0.2, -0.15) is 0 Å². The summed E-state index contributed by atoms with van der Waals surface area (Å²) in [6, 6.07) is 0. The molecule has 0 heterocycles. The summed E-state index contributed by atoms with van der Waals surface area (Å²) in [6.45, 7) is 18.2. The van der Waals surface area contributed by atoms with Crippen LogP contribution in [0.5, 0.6) is 0 Å². The van der Waals surface area contributed by atoms with Crippen molar-refractivity contribution in [1.82, 2.24) is 0 Å². The third kappa shape index (κ3) is 5.25. The Morgan fingerprint density at radius 3 is 1.96 bits per heavy atom. The van der Waals surface area contributed by atoms with E-state index in [0.717, 1.165) is 25.7 Å². The van der Waals surface area contributed by atoms with Crippen LogP contribution in [-0.4, -0.2) is 71.7 Å². The van der Waals surface area contributed by atoms with E-state index in [1.54, 1.807) is 0 Å². The van der Waals surface area contributed by atoms with E-state index in [1.165, 1.54) is 33.3 Å². The van der Waals surface area contributed by atoms with E-state index in [-0.39, 0.29) is 53.9 Å². The van der Waals surface area contributed by atoms with Crippen LogP contribution in [0.3, 0.4) is 0 Å². The van der Waals surface area contributed by atoms with Crippen molar-refractivity contribution in [2.24, 2.45) is 50.2 Å². The number of carbonyl (C=O) groups is 4. The molecule has 0 bridgehead atoms. The van der Waals surface area contributed by atoms with Gasteiger partial charge in [0, 0.05) is 38.5 Å². The van der Waals surface area contributed by atoms with Crippen molar-refractivity contribution in [3.05, 3.63) is 11.6 Å². The quantitative estimate of drug-likeness (QED) is 0.216. The number of esters is 4. The first-order valence-corrected chi connectivity index (χ1v) is 17.8. The fourth-order valence-electron chi connectivity index (χ4n) is 12.2. The monoisotopic (exact) mass is 674 g/mol. The molecule has 5 aliphatic rings. The average Bonchev–Trinajstić information content (AvgIpc) is 2.96. The second-order valence-corrected chi connectivity index (χ2v) is 17.5. The molecule has 4 fully saturated rings. The minimum Gasteiger partial charge on any atom is -0.465 e. The van der Waals surface area contributed by atoms with Crippen LogP contribution >= 0.6 is 0 Å². The second-order valence-electron chi connectivity index (χ2n) is 17.5. The van der Waals surface area contributed by atoms with Crippen molar-refractivity contribution in [2.45, 2.75) is 139 Å². The Morgan fingerprint density at radius 2 is 1.40 bits per heavy atom. The fraction of sp³-hybridized carbons (Fsp3) is 0.842. The molecule has 4 saturated carbocycles. The van der Waals surface area contributed by atoms with Gasteiger partial charge in [-0.3, -0.25) is 19.2 Å². The lowest BCUT2D eigenvalue weighted by Crippen LogP contribution is -2.72. The van der Waals surface area contributed by atoms with Gasteiger partial charge in [0.05, 0.1) is 18.1 Å². The lowest BCUT2D eigenvalue weighted by atomic mass is 9.33. The zero-order valence-electron chi connectivity index (χ0n) is 30.6. The minimum atomic E-state index is -1.24. The molecule has 270 valence electrons. The first kappa shape index (κ1) is 36.8. The maximum atomic E-state index is 12.7. The van der Waals surface area contributed by atoms with Crippen LogP contribution in [0.15, 0.2) is 11.6 Å². The van der Waals surface area contributed by atoms with Crippen molar-refractivity contribution in [3.63, 3.8) is 0 Å². The van der Waals surface area contributed by atoms with E-state index in [4.69, 9.17) is 18.9 Å². The number of hydrogen-bond acceptors (Lipinski definition) is 10. The first-order valence-electron chi connectivity index (χ1n) is 17.8. The van der Waals surface area contributed by atoms with Gasteiger partial charge in [0.1, 0.15) is 18.8 Å². The third-order valence-corrected chi connectivity index (χ3v) is 14.6. The van der Waals surface area contributed by atoms with Gasteiger partial charge < -0.3 is 29.2 Å². The van der Waals surface area contributed by atoms with E-state index >= 15 is 0 Å². The van der Waals surface area contributed by atoms with Gasteiger partial charge in [-0.15, -0.1) is 0 Å². The molecule has 0 aromatic carbocycles. The van der Waals surface area contributed by atoms with Crippen LogP contribution < -0.4 is 0 Å². The fourth-order valence-corrected chi connectivity index (χ4v) is 12.2. The average molecular weight is 675 g/mol. The summed E-state index contributed by atoms with van der Waals surface area (Å²) >= 11 is 0. The summed E-state index contributed by atoms with van der Waals surface area (Å²) in [6.07, 6.45) is 3.94. The van der Waals surface area contributed by atoms with Crippen LogP contribution in [-0.2, 0) is 38.1 Å². The Kier molecular flexibility index (Phi) is 9.28. The van der Waals surface area contributed by atoms with E-state index in [1.807, 2.05) is 13.8 Å². The Morgan fingerprint density at radius 1 is 0.792 bits per heavy atom. The number of carbonyl (C=O) groups excluding carboxylic acids is 4. The molecule has 5 aliphatic carbocycles. The normalized spacial score (nSPS) is 45.9. The van der Waals surface area contributed by atoms with E-state index in [0.29, 0.717) is 19.3 Å². The number of allylic oxidation sites excluding steroid dienone is 2. The summed E-state index contributed by atoms with van der Waals surface area (Å²) < 4.78 is 23.5. The summed E-state index contributed by atoms with van der Waals surface area (Å²) in [4.78, 5) is 49.6. The Labute approximate surface area is 285 Å². The van der Waals surface area contributed by atoms with Crippen molar-refractivity contribution in [1.29, 1.82) is 0 Å². The Bertz CT molecular complexity index is 1370. The lowest BCUT2D eigenvalue weighted by molar-refractivity contribution is -0.269. The molecule has 4 unspecified atom stereocenters. The molecule has 48 heavy (non-hydrogen) atoms. The molecule has 0 saturated heterocycles. The largest absolute Gasteiger partial charge is 0.465 e. The van der Waals surface area contributed by atoms with Gasteiger partial charge in [0.15, 0.2) is 6.10 Å². The Hall–Kier alpha value is -2.46. The van der Waals surface area contributed by atoms with Gasteiger partial charge in [-0.1, -0.05) is 53.2 Å². The molecule has 0 spiro atoms. The molecule has 2 N–H and O–H groups in total. The smallest absolute Gasteiger partial charge is 0.303 e. The number of aliphatic hydroxyl groups is 2. The zero-order valence-corrected chi connectivity index (χ0v) is 30.6. The highest BCUT2D eigenvalue weighted by atomic mass is 16.6. The van der Waals surface area contributed by atoms with Gasteiger partial charge in [0.25, 0.3) is 0 Å². The van der Waals surface area contributed by atoms with Crippen LogP contribution in [0.1, 0.15) is 114 Å². The number of aliphatic hydroxyl groups excluding tert-OH is 2. The predicted molar refractivity (Wildman–Crippen MR) is 176 cm³/mol. The van der Waals surface area contributed by atoms with Crippen LogP contribution in [0, 0.1) is 50.2 Å². The SMILES string of the molecule is CC(=O)OC[C@@]12C(O)C[C@]3(C)C(=CC[C@@H]4[C@@]5(C)CCC(OC(C)=O)[C@@](C)(CO)[C@@H]5CC[C@]43C)[C@@H]1CC(C)(C)C(OC(C)=O)C2OC(C)=O. The molecular weight excluding hydrogens is 616 g/mol. The van der Waals surface area contributed by atoms with E-state index in [9.17, 15) is 29.4 Å². The topological polar surface area (TPSA) is 146 Å². The Balaban J connectivity index is 1.65. The summed E-state index contributed by atoms with van der Waals surface area (Å²) in [5.74, 6) is -1.89. The molecular formula is C38H58O10. The van der Waals surface area contributed by atoms with Crippen molar-refractivity contribution in [2.75, 3.05) is 13.2 Å². The highest BCUT2D eigenvalue weighted by Crippen LogP contribution is 2.76. The molecule has 10 heteroatoms. The molecule has 0 aliphatic heterocycles. The van der Waals surface area contributed by atoms with E-state index < -0.39 is 57.9 Å². The summed E-state index contributed by atoms with van der Waals surface area (Å²) in [5.41, 5.74) is -2.13. The van der Waals surface area contributed by atoms with Crippen molar-refractivity contribution in [3.8, 4) is 0 Å². The maximum absolute atomic E-state index is 12.7. The molecule has 10 nitrogen and oxygen atoms in total. The van der Waals surface area contributed by atoms with Crippen LogP contribution in [0.25, 0.3) is 0 Å². The van der Waals surface area contributed by atoms with Gasteiger partial charge >= 0.3 is 23.9 Å². The standard InChI is InChI=1S/C38H58O10/c1-21(40)45-20-38-26(17-33(5,6)31(47-23(3)42)32(38)48-24(4)43)25-11-12-28-34(7)15-14-30(46-22(2)41)35(8,19-39)27(34)13-16-36(28,9)37(25,10)18-29(38)44/h11,26-32,39,44H,12-20H2,1-10H3/t26-,27+,28+,29?,30?,31?,32?,34-,35-,36+,37+,38-/m0/s1. The van der Waals surface area contributed by atoms with Gasteiger partial charge in [-0.25, -0.2) is 0 Å². The first-order chi connectivity index (χ1) is 22.1. The van der Waals surface area contributed by atoms with E-state index in [2.05, 4.69) is 33.8 Å². The van der Waals surface area contributed by atoms with Crippen LogP contribution in [0.2, 0.25) is 0 Å². The highest BCUT2D eigenvalue weighted by molar-refractivity contribution is 5.68. The summed E-state index contributed by atoms with van der Waals surface area (Å²) in [5, 5.41) is 23.4. The van der Waals surface area contributed by atoms with Gasteiger partial charge in [-0.05, 0) is 78.9 Å². The van der Waals surface area contributed by atoms with Crippen molar-refractivity contribution >= 4 is 23.9 Å². The van der Waals surface area contributed by atoms with Crippen molar-refractivity contribution < 1.29 is 48.3 Å². The second kappa shape index (κ2) is 12.1. The minimum absolute atomic E-state index is 0.0669. The highest BCUT2D eigenvalue weighted by Gasteiger charge is 2.74. The molecule has 12 atom stereocenters. The van der Waals surface area contributed by atoms with Gasteiger partial charge in [0.2, 0.25) is 0 Å². The molecule has 0 aromatic heterocycles.